The highest BCUT2D eigenvalue weighted by Gasteiger charge is 2.04. The lowest BCUT2D eigenvalue weighted by Gasteiger charge is -2.21. The molecule has 106 valence electrons. The Kier molecular flexibility index (Phi) is 4.45. The van der Waals surface area contributed by atoms with Gasteiger partial charge in [0.1, 0.15) is 0 Å². The van der Waals surface area contributed by atoms with Crippen molar-refractivity contribution in [3.63, 3.8) is 0 Å². The van der Waals surface area contributed by atoms with E-state index in [2.05, 4.69) is 53.3 Å². The van der Waals surface area contributed by atoms with Gasteiger partial charge in [0, 0.05) is 30.2 Å². The molecule has 20 heavy (non-hydrogen) atoms. The number of nitrogen functional groups attached to an aromatic ring is 1. The van der Waals surface area contributed by atoms with Crippen molar-refractivity contribution in [1.29, 1.82) is 0 Å². The minimum atomic E-state index is 0.656. The summed E-state index contributed by atoms with van der Waals surface area (Å²) in [7, 11) is 0. The van der Waals surface area contributed by atoms with Crippen molar-refractivity contribution in [2.45, 2.75) is 20.8 Å². The maximum absolute atomic E-state index is 5.93. The molecule has 0 atom stereocenters. The molecule has 0 saturated carbocycles. The minimum Gasteiger partial charge on any atom is -0.396 e. The summed E-state index contributed by atoms with van der Waals surface area (Å²) in [6.07, 6.45) is 0. The number of aryl methyl sites for hydroxylation is 1. The van der Waals surface area contributed by atoms with Gasteiger partial charge in [-0.1, -0.05) is 0 Å². The van der Waals surface area contributed by atoms with Gasteiger partial charge in [0.2, 0.25) is 0 Å². The van der Waals surface area contributed by atoms with Crippen LogP contribution in [0.25, 0.3) is 0 Å². The maximum atomic E-state index is 5.93. The Labute approximate surface area is 120 Å². The molecule has 2 aromatic rings. The van der Waals surface area contributed by atoms with Crippen LogP contribution in [0.15, 0.2) is 36.4 Å². The molecule has 4 nitrogen and oxygen atoms in total. The highest BCUT2D eigenvalue weighted by Crippen LogP contribution is 2.23. The summed E-state index contributed by atoms with van der Waals surface area (Å²) in [5.74, 6) is 0.709. The molecule has 0 bridgehead atoms. The number of nitrogens with two attached hydrogens (primary N) is 1. The van der Waals surface area contributed by atoms with E-state index in [0.717, 1.165) is 24.5 Å². The van der Waals surface area contributed by atoms with Crippen LogP contribution in [0.1, 0.15) is 19.5 Å². The molecule has 2 rings (SSSR count). The van der Waals surface area contributed by atoms with Crippen molar-refractivity contribution in [2.24, 2.45) is 0 Å². The van der Waals surface area contributed by atoms with Crippen LogP contribution in [0.2, 0.25) is 0 Å². The van der Waals surface area contributed by atoms with Crippen LogP contribution in [0.3, 0.4) is 0 Å². The normalized spacial score (nSPS) is 10.3. The zero-order valence-corrected chi connectivity index (χ0v) is 12.4. The largest absolute Gasteiger partial charge is 0.396 e. The Bertz CT molecular complexity index is 559. The Balaban J connectivity index is 2.16. The summed E-state index contributed by atoms with van der Waals surface area (Å²) in [6, 6.07) is 12.1. The van der Waals surface area contributed by atoms with Gasteiger partial charge in [0.25, 0.3) is 0 Å². The zero-order valence-electron chi connectivity index (χ0n) is 12.4. The first-order valence-electron chi connectivity index (χ1n) is 6.99. The molecule has 1 heterocycles. The van der Waals surface area contributed by atoms with Crippen molar-refractivity contribution < 1.29 is 0 Å². The summed E-state index contributed by atoms with van der Waals surface area (Å²) in [4.78, 5) is 6.72. The lowest BCUT2D eigenvalue weighted by Crippen LogP contribution is -2.21. The number of hydrogen-bond acceptors (Lipinski definition) is 4. The predicted molar refractivity (Wildman–Crippen MR) is 86.7 cm³/mol. The van der Waals surface area contributed by atoms with E-state index in [0.29, 0.717) is 11.5 Å². The van der Waals surface area contributed by atoms with Crippen molar-refractivity contribution in [2.75, 3.05) is 29.0 Å². The zero-order chi connectivity index (χ0) is 14.5. The third-order valence-electron chi connectivity index (χ3n) is 3.32. The minimum absolute atomic E-state index is 0.656. The van der Waals surface area contributed by atoms with E-state index >= 15 is 0 Å². The van der Waals surface area contributed by atoms with E-state index in [9.17, 15) is 0 Å². The molecule has 0 unspecified atom stereocenters. The number of aromatic nitrogens is 1. The van der Waals surface area contributed by atoms with Crippen LogP contribution in [0, 0.1) is 6.92 Å². The monoisotopic (exact) mass is 270 g/mol. The van der Waals surface area contributed by atoms with E-state index < -0.39 is 0 Å². The number of rotatable bonds is 5. The number of pyridine rings is 1. The van der Waals surface area contributed by atoms with Gasteiger partial charge in [-0.15, -0.1) is 0 Å². The summed E-state index contributed by atoms with van der Waals surface area (Å²) >= 11 is 0. The van der Waals surface area contributed by atoms with Gasteiger partial charge >= 0.3 is 0 Å². The van der Waals surface area contributed by atoms with E-state index in [4.69, 9.17) is 5.73 Å². The highest BCUT2D eigenvalue weighted by molar-refractivity contribution is 5.69. The number of hydrogen-bond donors (Lipinski definition) is 2. The molecule has 0 spiro atoms. The molecule has 0 aliphatic heterocycles. The second-order valence-corrected chi connectivity index (χ2v) is 4.73. The van der Waals surface area contributed by atoms with Crippen LogP contribution in [0.4, 0.5) is 22.9 Å². The van der Waals surface area contributed by atoms with Gasteiger partial charge in [0.15, 0.2) is 5.82 Å². The summed E-state index contributed by atoms with van der Waals surface area (Å²) in [5.41, 5.74) is 9.75. The third-order valence-corrected chi connectivity index (χ3v) is 3.32. The molecule has 0 fully saturated rings. The summed E-state index contributed by atoms with van der Waals surface area (Å²) in [5, 5.41) is 3.26. The van der Waals surface area contributed by atoms with Crippen molar-refractivity contribution >= 4 is 22.9 Å². The first-order chi connectivity index (χ1) is 9.63. The molecule has 0 radical (unpaired) electrons. The van der Waals surface area contributed by atoms with Gasteiger partial charge in [0.05, 0.1) is 5.69 Å². The first kappa shape index (κ1) is 14.2. The lowest BCUT2D eigenvalue weighted by molar-refractivity contribution is 0.866. The van der Waals surface area contributed by atoms with Crippen molar-refractivity contribution in [3.8, 4) is 0 Å². The molecular weight excluding hydrogens is 248 g/mol. The molecule has 0 saturated heterocycles. The van der Waals surface area contributed by atoms with Gasteiger partial charge in [-0.3, -0.25) is 0 Å². The standard InChI is InChI=1S/C16H22N4/c1-4-20(5-2)14-9-7-13(8-10-14)19-16-15(17)11-6-12(3)18-16/h6-11H,4-5,17H2,1-3H3,(H,18,19). The van der Waals surface area contributed by atoms with Crippen LogP contribution in [0.5, 0.6) is 0 Å². The van der Waals surface area contributed by atoms with E-state index in [1.54, 1.807) is 0 Å². The van der Waals surface area contributed by atoms with Gasteiger partial charge in [-0.05, 0) is 57.2 Å². The lowest BCUT2D eigenvalue weighted by atomic mass is 10.2. The van der Waals surface area contributed by atoms with Crippen molar-refractivity contribution in [3.05, 3.63) is 42.1 Å². The van der Waals surface area contributed by atoms with Crippen LogP contribution < -0.4 is 16.0 Å². The average molecular weight is 270 g/mol. The van der Waals surface area contributed by atoms with Gasteiger partial charge in [-0.25, -0.2) is 4.98 Å². The average Bonchev–Trinajstić information content (AvgIpc) is 2.46. The Hall–Kier alpha value is -2.23. The second-order valence-electron chi connectivity index (χ2n) is 4.73. The Morgan fingerprint density at radius 3 is 2.30 bits per heavy atom. The fourth-order valence-electron chi connectivity index (χ4n) is 2.15. The molecule has 3 N–H and O–H groups in total. The van der Waals surface area contributed by atoms with E-state index in [1.165, 1.54) is 5.69 Å². The van der Waals surface area contributed by atoms with E-state index in [-0.39, 0.29) is 0 Å². The smallest absolute Gasteiger partial charge is 0.153 e. The topological polar surface area (TPSA) is 54.2 Å². The number of benzene rings is 1. The summed E-state index contributed by atoms with van der Waals surface area (Å²) < 4.78 is 0. The first-order valence-corrected chi connectivity index (χ1v) is 6.99. The Morgan fingerprint density at radius 2 is 1.70 bits per heavy atom. The SMILES string of the molecule is CCN(CC)c1ccc(Nc2nc(C)ccc2N)cc1. The fourth-order valence-corrected chi connectivity index (χ4v) is 2.15. The molecule has 4 heteroatoms. The van der Waals surface area contributed by atoms with Gasteiger partial charge in [-0.2, -0.15) is 0 Å². The molecule has 0 aliphatic rings. The second kappa shape index (κ2) is 6.28. The van der Waals surface area contributed by atoms with Crippen LogP contribution in [-0.4, -0.2) is 18.1 Å². The Morgan fingerprint density at radius 1 is 1.05 bits per heavy atom. The van der Waals surface area contributed by atoms with Crippen LogP contribution >= 0.6 is 0 Å². The van der Waals surface area contributed by atoms with Crippen LogP contribution in [-0.2, 0) is 0 Å². The molecule has 0 amide bonds. The maximum Gasteiger partial charge on any atom is 0.153 e. The molecule has 1 aromatic heterocycles. The van der Waals surface area contributed by atoms with Crippen molar-refractivity contribution in [1.82, 2.24) is 4.98 Å². The quantitative estimate of drug-likeness (QED) is 0.872. The highest BCUT2D eigenvalue weighted by atomic mass is 15.1. The fraction of sp³-hybridized carbons (Fsp3) is 0.312. The molecular formula is C16H22N4. The van der Waals surface area contributed by atoms with Gasteiger partial charge < -0.3 is 16.0 Å². The number of nitrogens with zero attached hydrogens (tertiary/aromatic N) is 2. The number of anilines is 4. The van der Waals surface area contributed by atoms with E-state index in [1.807, 2.05) is 19.1 Å². The third kappa shape index (κ3) is 3.20. The predicted octanol–water partition coefficient (Wildman–Crippen LogP) is 3.56. The summed E-state index contributed by atoms with van der Waals surface area (Å²) in [6.45, 7) is 8.29. The molecule has 1 aromatic carbocycles. The molecule has 0 aliphatic carbocycles. The number of nitrogens with one attached hydrogen (secondary N) is 1.